The van der Waals surface area contributed by atoms with Crippen LogP contribution in [0.5, 0.6) is 0 Å². The van der Waals surface area contributed by atoms with Crippen LogP contribution in [-0.2, 0) is 0 Å². The highest BCUT2D eigenvalue weighted by atomic mass is 16.1. The fraction of sp³-hybridized carbons (Fsp3) is 0.0625. The molecule has 1 heterocycles. The molecule has 98 valence electrons. The van der Waals surface area contributed by atoms with Gasteiger partial charge in [0, 0.05) is 5.56 Å². The molecule has 0 radical (unpaired) electrons. The van der Waals surface area contributed by atoms with Crippen molar-refractivity contribution in [3.63, 3.8) is 0 Å². The Morgan fingerprint density at radius 1 is 1.10 bits per heavy atom. The van der Waals surface area contributed by atoms with Gasteiger partial charge in [0.15, 0.2) is 0 Å². The van der Waals surface area contributed by atoms with Crippen LogP contribution in [0.25, 0.3) is 0 Å². The minimum absolute atomic E-state index is 0.0879. The second-order valence-electron chi connectivity index (χ2n) is 4.58. The van der Waals surface area contributed by atoms with E-state index >= 15 is 0 Å². The third-order valence-electron chi connectivity index (χ3n) is 3.05. The number of aryl methyl sites for hydroxylation is 1. The van der Waals surface area contributed by atoms with E-state index in [1.165, 1.54) is 11.8 Å². The van der Waals surface area contributed by atoms with Crippen molar-refractivity contribution in [2.75, 3.05) is 5.43 Å². The Hall–Kier alpha value is -2.75. The van der Waals surface area contributed by atoms with Gasteiger partial charge in [0.05, 0.1) is 17.6 Å². The lowest BCUT2D eigenvalue weighted by Crippen LogP contribution is -2.11. The molecule has 1 N–H and O–H groups in total. The molecule has 4 nitrogen and oxygen atoms in total. The third-order valence-corrected chi connectivity index (χ3v) is 3.05. The third kappa shape index (κ3) is 2.36. The average Bonchev–Trinajstić information content (AvgIpc) is 2.78. The molecule has 0 saturated carbocycles. The number of nitrogens with zero attached hydrogens (tertiary/aromatic N) is 2. The van der Waals surface area contributed by atoms with Gasteiger partial charge < -0.3 is 0 Å². The van der Waals surface area contributed by atoms with Gasteiger partial charge in [-0.1, -0.05) is 29.8 Å². The molecule has 0 aromatic heterocycles. The molecule has 0 unspecified atom stereocenters. The summed E-state index contributed by atoms with van der Waals surface area (Å²) in [4.78, 5) is 16.3. The second kappa shape index (κ2) is 5.09. The van der Waals surface area contributed by atoms with Gasteiger partial charge in [-0.25, -0.2) is 4.99 Å². The summed E-state index contributed by atoms with van der Waals surface area (Å²) in [6, 6.07) is 15.1. The number of hydrogen-bond donors (Lipinski definition) is 1. The molecule has 0 spiro atoms. The lowest BCUT2D eigenvalue weighted by Gasteiger charge is -1.99. The van der Waals surface area contributed by atoms with Crippen LogP contribution < -0.4 is 5.43 Å². The number of hydrogen-bond acceptors (Lipinski definition) is 4. The van der Waals surface area contributed by atoms with Gasteiger partial charge in [0.2, 0.25) is 5.78 Å². The van der Waals surface area contributed by atoms with Gasteiger partial charge in [-0.2, -0.15) is 5.10 Å². The fourth-order valence-electron chi connectivity index (χ4n) is 1.97. The lowest BCUT2D eigenvalue weighted by atomic mass is 10.1. The van der Waals surface area contributed by atoms with E-state index in [2.05, 4.69) is 15.5 Å². The summed E-state index contributed by atoms with van der Waals surface area (Å²) in [5.74, 6) is -0.0879. The van der Waals surface area contributed by atoms with E-state index in [9.17, 15) is 4.79 Å². The number of carbonyl (C=O) groups excluding carboxylic acids is 1. The number of para-hydroxylation sites is 1. The molecule has 20 heavy (non-hydrogen) atoms. The summed E-state index contributed by atoms with van der Waals surface area (Å²) >= 11 is 0. The normalized spacial score (nSPS) is 13.4. The van der Waals surface area contributed by atoms with E-state index in [-0.39, 0.29) is 5.78 Å². The monoisotopic (exact) mass is 263 g/mol. The van der Waals surface area contributed by atoms with E-state index < -0.39 is 0 Å². The number of carbonyl (C=O) groups is 1. The van der Waals surface area contributed by atoms with E-state index in [0.717, 1.165) is 5.69 Å². The first kappa shape index (κ1) is 12.3. The highest BCUT2D eigenvalue weighted by Crippen LogP contribution is 2.25. The molecule has 4 heteroatoms. The number of nitrogens with one attached hydrogen (secondary N) is 1. The Morgan fingerprint density at radius 3 is 2.60 bits per heavy atom. The predicted octanol–water partition coefficient (Wildman–Crippen LogP) is 3.36. The Bertz CT molecular complexity index is 715. The number of aliphatic imine (C=N–C) groups is 1. The number of rotatable bonds is 3. The number of fused-ring (bicyclic) bond motifs is 1. The highest BCUT2D eigenvalue weighted by Gasteiger charge is 2.22. The van der Waals surface area contributed by atoms with Gasteiger partial charge in [-0.15, -0.1) is 0 Å². The quantitative estimate of drug-likeness (QED) is 0.682. The van der Waals surface area contributed by atoms with Gasteiger partial charge in [-0.05, 0) is 31.2 Å². The van der Waals surface area contributed by atoms with Crippen LogP contribution in [0.2, 0.25) is 0 Å². The first-order valence-electron chi connectivity index (χ1n) is 6.32. The molecule has 2 aromatic carbocycles. The highest BCUT2D eigenvalue weighted by molar-refractivity contribution is 6.67. The molecule has 0 atom stereocenters. The van der Waals surface area contributed by atoms with Crippen molar-refractivity contribution in [2.45, 2.75) is 6.92 Å². The first-order valence-corrected chi connectivity index (χ1v) is 6.32. The number of hydrazone groups is 1. The van der Waals surface area contributed by atoms with E-state index in [1.54, 1.807) is 6.07 Å². The minimum atomic E-state index is -0.0879. The molecule has 0 amide bonds. The molecule has 1 aliphatic heterocycles. The van der Waals surface area contributed by atoms with E-state index in [4.69, 9.17) is 0 Å². The molecule has 0 fully saturated rings. The maximum Gasteiger partial charge on any atom is 0.215 e. The Labute approximate surface area is 116 Å². The summed E-state index contributed by atoms with van der Waals surface area (Å²) in [6.45, 7) is 2.02. The molecular weight excluding hydrogens is 250 g/mol. The predicted molar refractivity (Wildman–Crippen MR) is 81.2 cm³/mol. The SMILES string of the molecule is Cc1ccc(N/N=C\C2=Nc3ccccc3C2=O)cc1. The van der Waals surface area contributed by atoms with Crippen molar-refractivity contribution < 1.29 is 4.79 Å². The maximum absolute atomic E-state index is 12.0. The van der Waals surface area contributed by atoms with Crippen LogP contribution >= 0.6 is 0 Å². The Kier molecular flexibility index (Phi) is 3.13. The summed E-state index contributed by atoms with van der Waals surface area (Å²) in [5, 5.41) is 4.06. The first-order chi connectivity index (χ1) is 9.74. The van der Waals surface area contributed by atoms with Crippen molar-refractivity contribution in [1.29, 1.82) is 0 Å². The Morgan fingerprint density at radius 2 is 1.85 bits per heavy atom. The number of anilines is 1. The number of ketones is 1. The summed E-state index contributed by atoms with van der Waals surface area (Å²) < 4.78 is 0. The van der Waals surface area contributed by atoms with Crippen molar-refractivity contribution in [2.24, 2.45) is 10.1 Å². The molecule has 2 aromatic rings. The summed E-state index contributed by atoms with van der Waals surface area (Å²) in [7, 11) is 0. The van der Waals surface area contributed by atoms with Crippen LogP contribution in [0.1, 0.15) is 15.9 Å². The number of benzene rings is 2. The standard InChI is InChI=1S/C16H13N3O/c1-11-6-8-12(9-7-11)19-17-10-15-16(20)13-4-2-3-5-14(13)18-15/h2-10,19H,1H3/b17-10-. The van der Waals surface area contributed by atoms with Crippen molar-refractivity contribution >= 4 is 29.1 Å². The lowest BCUT2D eigenvalue weighted by molar-refractivity contribution is 0.107. The molecule has 0 saturated heterocycles. The van der Waals surface area contributed by atoms with Crippen LogP contribution in [0.15, 0.2) is 58.6 Å². The summed E-state index contributed by atoms with van der Waals surface area (Å²) in [5.41, 5.74) is 6.62. The largest absolute Gasteiger partial charge is 0.287 e. The van der Waals surface area contributed by atoms with Crippen molar-refractivity contribution in [1.82, 2.24) is 0 Å². The van der Waals surface area contributed by atoms with Crippen molar-refractivity contribution in [3.05, 3.63) is 59.7 Å². The topological polar surface area (TPSA) is 53.8 Å². The van der Waals surface area contributed by atoms with E-state index in [1.807, 2.05) is 49.4 Å². The molecule has 3 rings (SSSR count). The fourth-order valence-corrected chi connectivity index (χ4v) is 1.97. The van der Waals surface area contributed by atoms with Crippen LogP contribution in [0.3, 0.4) is 0 Å². The van der Waals surface area contributed by atoms with Gasteiger partial charge >= 0.3 is 0 Å². The zero-order chi connectivity index (χ0) is 13.9. The minimum Gasteiger partial charge on any atom is -0.287 e. The van der Waals surface area contributed by atoms with Crippen LogP contribution in [0, 0.1) is 6.92 Å². The number of Topliss-reactive ketones (excluding diaryl/α,β-unsaturated/α-hetero) is 1. The van der Waals surface area contributed by atoms with Gasteiger partial charge in [0.25, 0.3) is 0 Å². The summed E-state index contributed by atoms with van der Waals surface area (Å²) in [6.07, 6.45) is 1.46. The van der Waals surface area contributed by atoms with Gasteiger partial charge in [-0.3, -0.25) is 10.2 Å². The van der Waals surface area contributed by atoms with Gasteiger partial charge in [0.1, 0.15) is 5.71 Å². The Balaban J connectivity index is 1.72. The maximum atomic E-state index is 12.0. The smallest absolute Gasteiger partial charge is 0.215 e. The zero-order valence-electron chi connectivity index (χ0n) is 11.0. The molecule has 0 aliphatic carbocycles. The molecule has 0 bridgehead atoms. The van der Waals surface area contributed by atoms with Crippen molar-refractivity contribution in [3.8, 4) is 0 Å². The molecule has 1 aliphatic rings. The zero-order valence-corrected chi connectivity index (χ0v) is 11.0. The van der Waals surface area contributed by atoms with Crippen LogP contribution in [-0.4, -0.2) is 17.7 Å². The molecular formula is C16H13N3O. The second-order valence-corrected chi connectivity index (χ2v) is 4.58. The van der Waals surface area contributed by atoms with Crippen LogP contribution in [0.4, 0.5) is 11.4 Å². The van der Waals surface area contributed by atoms with E-state index in [0.29, 0.717) is 17.0 Å². The average molecular weight is 263 g/mol.